The van der Waals surface area contributed by atoms with E-state index in [1.54, 1.807) is 13.0 Å². The second-order valence-electron chi connectivity index (χ2n) is 8.65. The van der Waals surface area contributed by atoms with E-state index in [-0.39, 0.29) is 29.9 Å². The molecular formula is C26H37NO4. The zero-order chi connectivity index (χ0) is 23.0. The van der Waals surface area contributed by atoms with Crippen LogP contribution < -0.4 is 10.1 Å². The highest BCUT2D eigenvalue weighted by Crippen LogP contribution is 2.47. The van der Waals surface area contributed by atoms with Crippen LogP contribution in [-0.2, 0) is 11.2 Å². The molecule has 1 aliphatic rings. The van der Waals surface area contributed by atoms with Crippen molar-refractivity contribution in [3.05, 3.63) is 47.1 Å². The molecule has 0 unspecified atom stereocenters. The summed E-state index contributed by atoms with van der Waals surface area (Å²) in [6.07, 6.45) is 7.76. The lowest BCUT2D eigenvalue weighted by Gasteiger charge is -2.32. The van der Waals surface area contributed by atoms with Crippen LogP contribution in [0.3, 0.4) is 0 Å². The molecular weight excluding hydrogens is 390 g/mol. The first-order chi connectivity index (χ1) is 14.8. The third-order valence-corrected chi connectivity index (χ3v) is 5.99. The molecule has 0 fully saturated rings. The monoisotopic (exact) mass is 427 g/mol. The van der Waals surface area contributed by atoms with E-state index in [0.29, 0.717) is 17.7 Å². The Hall–Kier alpha value is -2.56. The number of carbonyl (C=O) groups excluding carboxylic acids is 2. The smallest absolute Gasteiger partial charge is 0.412 e. The number of benzene rings is 1. The van der Waals surface area contributed by atoms with Gasteiger partial charge in [0.1, 0.15) is 11.5 Å². The summed E-state index contributed by atoms with van der Waals surface area (Å²) >= 11 is 0. The first-order valence-corrected chi connectivity index (χ1v) is 11.4. The number of ketones is 1. The predicted molar refractivity (Wildman–Crippen MR) is 125 cm³/mol. The summed E-state index contributed by atoms with van der Waals surface area (Å²) in [5, 5.41) is 13.5. The number of phenolic OH excluding ortho intramolecular Hbond substituents is 1. The van der Waals surface area contributed by atoms with Crippen LogP contribution in [0.25, 0.3) is 0 Å². The van der Waals surface area contributed by atoms with E-state index in [1.165, 1.54) is 5.57 Å². The molecule has 1 amide bonds. The predicted octanol–water partition coefficient (Wildman–Crippen LogP) is 6.21. The van der Waals surface area contributed by atoms with Gasteiger partial charge in [0.2, 0.25) is 0 Å². The van der Waals surface area contributed by atoms with E-state index in [4.69, 9.17) is 4.74 Å². The number of hydrogen-bond acceptors (Lipinski definition) is 4. The van der Waals surface area contributed by atoms with Crippen molar-refractivity contribution in [3.63, 3.8) is 0 Å². The minimum atomic E-state index is -0.684. The lowest BCUT2D eigenvalue weighted by Crippen LogP contribution is -2.32. The van der Waals surface area contributed by atoms with Crippen molar-refractivity contribution in [3.8, 4) is 11.5 Å². The van der Waals surface area contributed by atoms with Gasteiger partial charge in [-0.1, -0.05) is 50.5 Å². The highest BCUT2D eigenvalue weighted by Gasteiger charge is 2.31. The van der Waals surface area contributed by atoms with E-state index in [0.717, 1.165) is 49.7 Å². The fourth-order valence-electron chi connectivity index (χ4n) is 4.15. The molecule has 1 aromatic carbocycles. The molecule has 2 rings (SSSR count). The number of amides is 1. The van der Waals surface area contributed by atoms with Crippen LogP contribution in [0.5, 0.6) is 11.5 Å². The zero-order valence-electron chi connectivity index (χ0n) is 19.4. The lowest BCUT2D eigenvalue weighted by atomic mass is 9.73. The topological polar surface area (TPSA) is 75.6 Å². The SMILES string of the molecule is C=C(C)[C@@H]1CCC(C)=C[C@H]1c1c(O)cc(CCCCC)cc1OC(=O)NCC(=O)CC. The van der Waals surface area contributed by atoms with Crippen molar-refractivity contribution in [2.24, 2.45) is 5.92 Å². The van der Waals surface area contributed by atoms with Crippen molar-refractivity contribution in [2.75, 3.05) is 6.54 Å². The number of carbonyl (C=O) groups is 2. The number of aromatic hydroxyl groups is 1. The van der Waals surface area contributed by atoms with E-state index >= 15 is 0 Å². The third kappa shape index (κ3) is 6.98. The number of hydrogen-bond donors (Lipinski definition) is 2. The lowest BCUT2D eigenvalue weighted by molar-refractivity contribution is -0.117. The van der Waals surface area contributed by atoms with Crippen LogP contribution in [-0.4, -0.2) is 23.5 Å². The summed E-state index contributed by atoms with van der Waals surface area (Å²) in [7, 11) is 0. The Labute approximate surface area is 186 Å². The fourth-order valence-corrected chi connectivity index (χ4v) is 4.15. The zero-order valence-corrected chi connectivity index (χ0v) is 19.4. The Morgan fingerprint density at radius 1 is 1.26 bits per heavy atom. The minimum Gasteiger partial charge on any atom is -0.507 e. The highest BCUT2D eigenvalue weighted by atomic mass is 16.6. The molecule has 1 aromatic rings. The Morgan fingerprint density at radius 2 is 2.00 bits per heavy atom. The molecule has 0 aromatic heterocycles. The third-order valence-electron chi connectivity index (χ3n) is 5.99. The number of unbranched alkanes of at least 4 members (excludes halogenated alkanes) is 2. The van der Waals surface area contributed by atoms with Gasteiger partial charge in [0.05, 0.1) is 6.54 Å². The number of rotatable bonds is 10. The number of aryl methyl sites for hydroxylation is 1. The molecule has 0 aliphatic heterocycles. The molecule has 5 nitrogen and oxygen atoms in total. The van der Waals surface area contributed by atoms with Crippen LogP contribution in [0.15, 0.2) is 35.9 Å². The van der Waals surface area contributed by atoms with Gasteiger partial charge in [-0.2, -0.15) is 0 Å². The van der Waals surface area contributed by atoms with Gasteiger partial charge in [-0.05, 0) is 63.1 Å². The maximum absolute atomic E-state index is 12.4. The van der Waals surface area contributed by atoms with Gasteiger partial charge in [0.15, 0.2) is 5.78 Å². The Balaban J connectivity index is 2.42. The Kier molecular flexibility index (Phi) is 9.35. The van der Waals surface area contributed by atoms with Gasteiger partial charge in [-0.15, -0.1) is 0 Å². The average molecular weight is 428 g/mol. The molecule has 0 spiro atoms. The van der Waals surface area contributed by atoms with E-state index in [9.17, 15) is 14.7 Å². The molecule has 0 heterocycles. The molecule has 0 saturated carbocycles. The second kappa shape index (κ2) is 11.7. The maximum Gasteiger partial charge on any atom is 0.412 e. The summed E-state index contributed by atoms with van der Waals surface area (Å²) in [5.41, 5.74) is 3.84. The molecule has 5 heteroatoms. The van der Waals surface area contributed by atoms with Gasteiger partial charge in [0.25, 0.3) is 0 Å². The van der Waals surface area contributed by atoms with Gasteiger partial charge < -0.3 is 15.2 Å². The summed E-state index contributed by atoms with van der Waals surface area (Å²) in [6, 6.07) is 3.66. The fraction of sp³-hybridized carbons (Fsp3) is 0.538. The molecule has 2 atom stereocenters. The normalized spacial score (nSPS) is 18.3. The largest absolute Gasteiger partial charge is 0.507 e. The van der Waals surface area contributed by atoms with Crippen molar-refractivity contribution < 1.29 is 19.4 Å². The molecule has 1 aliphatic carbocycles. The van der Waals surface area contributed by atoms with Crippen LogP contribution in [0.1, 0.15) is 83.3 Å². The number of phenols is 1. The minimum absolute atomic E-state index is 0.0658. The quantitative estimate of drug-likeness (QED) is 0.344. The van der Waals surface area contributed by atoms with E-state index in [1.807, 2.05) is 13.0 Å². The number of allylic oxidation sites excluding steroid dienone is 3. The first kappa shape index (κ1) is 24.7. The summed E-state index contributed by atoms with van der Waals surface area (Å²) in [5.74, 6) is 0.476. The summed E-state index contributed by atoms with van der Waals surface area (Å²) in [6.45, 7) is 12.1. The highest BCUT2D eigenvalue weighted by molar-refractivity contribution is 5.84. The summed E-state index contributed by atoms with van der Waals surface area (Å²) in [4.78, 5) is 24.0. The number of Topliss-reactive ketones (excluding diaryl/α,β-unsaturated/α-hetero) is 1. The van der Waals surface area contributed by atoms with E-state index < -0.39 is 6.09 Å². The second-order valence-corrected chi connectivity index (χ2v) is 8.65. The van der Waals surface area contributed by atoms with Crippen molar-refractivity contribution in [1.29, 1.82) is 0 Å². The molecule has 0 radical (unpaired) electrons. The maximum atomic E-state index is 12.4. The van der Waals surface area contributed by atoms with Crippen molar-refractivity contribution >= 4 is 11.9 Å². The Morgan fingerprint density at radius 3 is 2.65 bits per heavy atom. The summed E-state index contributed by atoms with van der Waals surface area (Å²) < 4.78 is 5.66. The number of ether oxygens (including phenoxy) is 1. The number of nitrogens with one attached hydrogen (secondary N) is 1. The average Bonchev–Trinajstić information content (AvgIpc) is 2.71. The molecule has 0 bridgehead atoms. The van der Waals surface area contributed by atoms with Crippen LogP contribution in [0.2, 0.25) is 0 Å². The first-order valence-electron chi connectivity index (χ1n) is 11.4. The standard InChI is InChI=1S/C26H37NO4/c1-6-8-9-10-19-14-23(29)25(22-13-18(5)11-12-21(22)17(3)4)24(15-19)31-26(30)27-16-20(28)7-2/h13-15,21-22,29H,3,6-12,16H2,1-2,4-5H3,(H,27,30)/t21-,22+/m0/s1. The van der Waals surface area contributed by atoms with Crippen molar-refractivity contribution in [1.82, 2.24) is 5.32 Å². The van der Waals surface area contributed by atoms with Crippen molar-refractivity contribution in [2.45, 2.75) is 78.6 Å². The van der Waals surface area contributed by atoms with Gasteiger partial charge in [-0.25, -0.2) is 4.79 Å². The molecule has 31 heavy (non-hydrogen) atoms. The van der Waals surface area contributed by atoms with Gasteiger partial charge >= 0.3 is 6.09 Å². The molecule has 0 saturated heterocycles. The Bertz CT molecular complexity index is 840. The van der Waals surface area contributed by atoms with Gasteiger partial charge in [-0.3, -0.25) is 4.79 Å². The van der Waals surface area contributed by atoms with Crippen LogP contribution in [0, 0.1) is 5.92 Å². The van der Waals surface area contributed by atoms with Gasteiger partial charge in [0, 0.05) is 17.9 Å². The molecule has 170 valence electrons. The van der Waals surface area contributed by atoms with Crippen LogP contribution >= 0.6 is 0 Å². The molecule has 2 N–H and O–H groups in total. The van der Waals surface area contributed by atoms with E-state index in [2.05, 4.69) is 31.8 Å². The van der Waals surface area contributed by atoms with Crippen LogP contribution in [0.4, 0.5) is 4.79 Å².